The van der Waals surface area contributed by atoms with Gasteiger partial charge in [0, 0.05) is 12.7 Å². The average molecular weight is 218 g/mol. The first-order chi connectivity index (χ1) is 7.79. The molecule has 0 bridgehead atoms. The molecule has 2 rings (SSSR count). The molecule has 5 nitrogen and oxygen atoms in total. The number of benzene rings is 1. The molecule has 3 N–H and O–H groups in total. The summed E-state index contributed by atoms with van der Waals surface area (Å²) in [5, 5.41) is 17.7. The van der Waals surface area contributed by atoms with Gasteiger partial charge >= 0.3 is 0 Å². The number of aromatic nitrogens is 3. The molecule has 1 atom stereocenters. The summed E-state index contributed by atoms with van der Waals surface area (Å²) in [6, 6.07) is 9.46. The summed E-state index contributed by atoms with van der Waals surface area (Å²) in [7, 11) is 0. The Hall–Kier alpha value is -1.72. The van der Waals surface area contributed by atoms with Crippen molar-refractivity contribution < 1.29 is 5.11 Å². The fourth-order valence-corrected chi connectivity index (χ4v) is 1.48. The molecule has 0 radical (unpaired) electrons. The molecule has 0 aliphatic heterocycles. The van der Waals surface area contributed by atoms with Gasteiger partial charge in [0.1, 0.15) is 0 Å². The molecular weight excluding hydrogens is 204 g/mol. The van der Waals surface area contributed by atoms with Crippen molar-refractivity contribution in [3.8, 4) is 0 Å². The summed E-state index contributed by atoms with van der Waals surface area (Å²) in [5.74, 6) is 0. The maximum Gasteiger partial charge on any atom is 0.0986 e. The first-order valence-corrected chi connectivity index (χ1v) is 5.11. The first-order valence-electron chi connectivity index (χ1n) is 5.11. The van der Waals surface area contributed by atoms with E-state index in [0.29, 0.717) is 13.1 Å². The average Bonchev–Trinajstić information content (AvgIpc) is 2.78. The molecule has 2 aromatic rings. The van der Waals surface area contributed by atoms with E-state index in [-0.39, 0.29) is 0 Å². The Morgan fingerprint density at radius 1 is 1.31 bits per heavy atom. The van der Waals surface area contributed by atoms with Crippen molar-refractivity contribution in [1.82, 2.24) is 15.0 Å². The third-order valence-corrected chi connectivity index (χ3v) is 2.34. The van der Waals surface area contributed by atoms with Gasteiger partial charge in [-0.3, -0.25) is 0 Å². The predicted molar refractivity (Wildman–Crippen MR) is 59.3 cm³/mol. The smallest absolute Gasteiger partial charge is 0.0986 e. The van der Waals surface area contributed by atoms with E-state index in [1.807, 2.05) is 30.3 Å². The molecule has 0 saturated heterocycles. The number of aliphatic hydroxyl groups is 1. The second-order valence-corrected chi connectivity index (χ2v) is 3.56. The van der Waals surface area contributed by atoms with E-state index < -0.39 is 6.10 Å². The fraction of sp³-hybridized carbons (Fsp3) is 0.273. The van der Waals surface area contributed by atoms with Crippen LogP contribution in [0.4, 0.5) is 0 Å². The van der Waals surface area contributed by atoms with Crippen LogP contribution in [0, 0.1) is 0 Å². The second kappa shape index (κ2) is 4.87. The summed E-state index contributed by atoms with van der Waals surface area (Å²) in [4.78, 5) is 0. The van der Waals surface area contributed by atoms with E-state index in [4.69, 9.17) is 5.73 Å². The molecule has 0 amide bonds. The van der Waals surface area contributed by atoms with Crippen molar-refractivity contribution in [2.24, 2.45) is 5.73 Å². The maximum atomic E-state index is 9.94. The minimum atomic E-state index is -0.575. The standard InChI is InChI=1S/C11H14N4O/c12-6-10-7-15(14-13-10)8-11(16)9-4-2-1-3-5-9/h1-5,7,11,16H,6,8,12H2. The van der Waals surface area contributed by atoms with Crippen molar-refractivity contribution >= 4 is 0 Å². The number of nitrogens with two attached hydrogens (primary N) is 1. The lowest BCUT2D eigenvalue weighted by atomic mass is 10.1. The van der Waals surface area contributed by atoms with E-state index in [2.05, 4.69) is 10.3 Å². The Balaban J connectivity index is 2.05. The van der Waals surface area contributed by atoms with Crippen LogP contribution in [0.25, 0.3) is 0 Å². The zero-order valence-corrected chi connectivity index (χ0v) is 8.82. The highest BCUT2D eigenvalue weighted by atomic mass is 16.3. The van der Waals surface area contributed by atoms with Crippen LogP contribution >= 0.6 is 0 Å². The van der Waals surface area contributed by atoms with Crippen molar-refractivity contribution in [1.29, 1.82) is 0 Å². The molecule has 1 unspecified atom stereocenters. The molecule has 0 aliphatic carbocycles. The largest absolute Gasteiger partial charge is 0.386 e. The lowest BCUT2D eigenvalue weighted by molar-refractivity contribution is 0.150. The SMILES string of the molecule is NCc1cn(CC(O)c2ccccc2)nn1. The van der Waals surface area contributed by atoms with Crippen LogP contribution in [0.3, 0.4) is 0 Å². The zero-order chi connectivity index (χ0) is 11.4. The molecular formula is C11H14N4O. The normalized spacial score (nSPS) is 12.6. The van der Waals surface area contributed by atoms with Crippen molar-refractivity contribution in [3.05, 3.63) is 47.8 Å². The summed E-state index contributed by atoms with van der Waals surface area (Å²) >= 11 is 0. The molecule has 1 aromatic heterocycles. The molecule has 0 fully saturated rings. The summed E-state index contributed by atoms with van der Waals surface area (Å²) < 4.78 is 1.60. The van der Waals surface area contributed by atoms with Crippen LogP contribution in [0.5, 0.6) is 0 Å². The Bertz CT molecular complexity index is 440. The van der Waals surface area contributed by atoms with Gasteiger partial charge in [0.25, 0.3) is 0 Å². The molecule has 16 heavy (non-hydrogen) atoms. The van der Waals surface area contributed by atoms with Gasteiger partial charge in [-0.15, -0.1) is 5.10 Å². The van der Waals surface area contributed by atoms with Crippen LogP contribution < -0.4 is 5.73 Å². The van der Waals surface area contributed by atoms with Gasteiger partial charge in [-0.2, -0.15) is 0 Å². The Morgan fingerprint density at radius 3 is 2.69 bits per heavy atom. The van der Waals surface area contributed by atoms with Crippen LogP contribution in [-0.2, 0) is 13.1 Å². The third kappa shape index (κ3) is 2.44. The third-order valence-electron chi connectivity index (χ3n) is 2.34. The summed E-state index contributed by atoms with van der Waals surface area (Å²) in [6.07, 6.45) is 1.17. The highest BCUT2D eigenvalue weighted by Crippen LogP contribution is 2.13. The molecule has 1 aromatic carbocycles. The molecule has 0 spiro atoms. The Morgan fingerprint density at radius 2 is 2.06 bits per heavy atom. The van der Waals surface area contributed by atoms with Crippen LogP contribution in [0.1, 0.15) is 17.4 Å². The number of hydrogen-bond acceptors (Lipinski definition) is 4. The number of rotatable bonds is 4. The van der Waals surface area contributed by atoms with E-state index in [9.17, 15) is 5.11 Å². The van der Waals surface area contributed by atoms with Gasteiger partial charge in [-0.25, -0.2) is 4.68 Å². The minimum absolute atomic E-state index is 0.363. The van der Waals surface area contributed by atoms with Crippen LogP contribution in [-0.4, -0.2) is 20.1 Å². The lowest BCUT2D eigenvalue weighted by Gasteiger charge is -2.09. The molecule has 5 heteroatoms. The minimum Gasteiger partial charge on any atom is -0.386 e. The van der Waals surface area contributed by atoms with Crippen molar-refractivity contribution in [3.63, 3.8) is 0 Å². The van der Waals surface area contributed by atoms with Crippen molar-refractivity contribution in [2.75, 3.05) is 0 Å². The lowest BCUT2D eigenvalue weighted by Crippen LogP contribution is -2.09. The maximum absolute atomic E-state index is 9.94. The topological polar surface area (TPSA) is 77.0 Å². The van der Waals surface area contributed by atoms with Gasteiger partial charge in [0.15, 0.2) is 0 Å². The molecule has 1 heterocycles. The first kappa shape index (κ1) is 10.8. The zero-order valence-electron chi connectivity index (χ0n) is 8.82. The summed E-state index contributed by atoms with van der Waals surface area (Å²) in [5.41, 5.74) is 7.02. The number of nitrogens with zero attached hydrogens (tertiary/aromatic N) is 3. The van der Waals surface area contributed by atoms with Crippen LogP contribution in [0.15, 0.2) is 36.5 Å². The van der Waals surface area contributed by atoms with Crippen LogP contribution in [0.2, 0.25) is 0 Å². The highest BCUT2D eigenvalue weighted by molar-refractivity contribution is 5.17. The van der Waals surface area contributed by atoms with Gasteiger partial charge in [-0.1, -0.05) is 35.5 Å². The second-order valence-electron chi connectivity index (χ2n) is 3.56. The Labute approximate surface area is 93.5 Å². The Kier molecular flexibility index (Phi) is 3.28. The van der Waals surface area contributed by atoms with E-state index in [0.717, 1.165) is 11.3 Å². The fourth-order valence-electron chi connectivity index (χ4n) is 1.48. The monoisotopic (exact) mass is 218 g/mol. The predicted octanol–water partition coefficient (Wildman–Crippen LogP) is 0.470. The van der Waals surface area contributed by atoms with E-state index in [1.165, 1.54) is 0 Å². The highest BCUT2D eigenvalue weighted by Gasteiger charge is 2.08. The quantitative estimate of drug-likeness (QED) is 0.782. The van der Waals surface area contributed by atoms with Gasteiger partial charge in [0.2, 0.25) is 0 Å². The summed E-state index contributed by atoms with van der Waals surface area (Å²) in [6.45, 7) is 0.748. The van der Waals surface area contributed by atoms with E-state index >= 15 is 0 Å². The molecule has 0 saturated carbocycles. The van der Waals surface area contributed by atoms with Gasteiger partial charge < -0.3 is 10.8 Å². The van der Waals surface area contributed by atoms with Gasteiger partial charge in [0.05, 0.1) is 18.3 Å². The van der Waals surface area contributed by atoms with Crippen molar-refractivity contribution in [2.45, 2.75) is 19.2 Å². The van der Waals surface area contributed by atoms with Gasteiger partial charge in [-0.05, 0) is 5.56 Å². The number of hydrogen-bond donors (Lipinski definition) is 2. The number of aliphatic hydroxyl groups excluding tert-OH is 1. The molecule has 84 valence electrons. The van der Waals surface area contributed by atoms with E-state index in [1.54, 1.807) is 10.9 Å². The molecule has 0 aliphatic rings.